The molecule has 31 heavy (non-hydrogen) atoms. The van der Waals surface area contributed by atoms with E-state index in [2.05, 4.69) is 19.9 Å². The number of anilines is 3. The number of halogens is 1. The van der Waals surface area contributed by atoms with E-state index < -0.39 is 5.97 Å². The second-order valence-corrected chi connectivity index (χ2v) is 9.00. The molecule has 0 radical (unpaired) electrons. The van der Waals surface area contributed by atoms with Gasteiger partial charge >= 0.3 is 5.97 Å². The molecule has 1 aliphatic heterocycles. The number of methoxy groups -OCH3 is 1. The van der Waals surface area contributed by atoms with Crippen molar-refractivity contribution in [3.63, 3.8) is 0 Å². The average molecular weight is 472 g/mol. The molecule has 2 aromatic rings. The summed E-state index contributed by atoms with van der Waals surface area (Å²) in [5.41, 5.74) is 4.71. The van der Waals surface area contributed by atoms with Crippen molar-refractivity contribution in [2.24, 2.45) is 10.2 Å². The molecule has 0 spiro atoms. The van der Waals surface area contributed by atoms with E-state index in [1.54, 1.807) is 0 Å². The Morgan fingerprint density at radius 3 is 2.26 bits per heavy atom. The summed E-state index contributed by atoms with van der Waals surface area (Å²) in [5.74, 6) is -0.483. The van der Waals surface area contributed by atoms with Gasteiger partial charge in [0.2, 0.25) is 0 Å². The van der Waals surface area contributed by atoms with Gasteiger partial charge < -0.3 is 15.0 Å². The first-order valence-corrected chi connectivity index (χ1v) is 11.7. The molecule has 0 unspecified atom stereocenters. The summed E-state index contributed by atoms with van der Waals surface area (Å²) in [5, 5.41) is 12.2. The highest BCUT2D eigenvalue weighted by Gasteiger charge is 2.30. The number of carbonyl (C=O) groups is 1. The number of fused-ring (bicyclic) bond motifs is 1. The van der Waals surface area contributed by atoms with Crippen molar-refractivity contribution in [3.05, 3.63) is 59.1 Å². The molecule has 2 aliphatic rings. The van der Waals surface area contributed by atoms with Crippen molar-refractivity contribution < 1.29 is 9.53 Å². The van der Waals surface area contributed by atoms with Gasteiger partial charge in [-0.15, -0.1) is 0 Å². The molecule has 1 N–H and O–H groups in total. The van der Waals surface area contributed by atoms with Crippen LogP contribution in [0.3, 0.4) is 0 Å². The van der Waals surface area contributed by atoms with Crippen LogP contribution in [0.25, 0.3) is 10.6 Å². The molecule has 0 atom stereocenters. The number of hydrogen-bond donors (Lipinski definition) is 1. The number of nitrogens with one attached hydrogen (secondary N) is 1. The average Bonchev–Trinajstić information content (AvgIpc) is 3.35. The summed E-state index contributed by atoms with van der Waals surface area (Å²) in [6, 6.07) is 15.2. The van der Waals surface area contributed by atoms with Crippen LogP contribution >= 0.6 is 32.5 Å². The third-order valence-corrected chi connectivity index (χ3v) is 6.88. The molecule has 1 aliphatic carbocycles. The van der Waals surface area contributed by atoms with Gasteiger partial charge in [0.05, 0.1) is 34.1 Å². The van der Waals surface area contributed by atoms with Gasteiger partial charge in [-0.1, -0.05) is 21.9 Å². The predicted molar refractivity (Wildman–Crippen MR) is 128 cm³/mol. The van der Waals surface area contributed by atoms with Crippen molar-refractivity contribution >= 4 is 66.9 Å². The molecule has 0 aromatic heterocycles. The third kappa shape index (κ3) is 4.39. The summed E-state index contributed by atoms with van der Waals surface area (Å²) in [7, 11) is 8.02. The fraction of sp³-hybridized carbons (Fsp3) is 0.143. The molecule has 0 amide bonds. The third-order valence-electron chi connectivity index (χ3n) is 4.54. The predicted octanol–water partition coefficient (Wildman–Crippen LogP) is 6.97. The molecule has 0 fully saturated rings. The Morgan fingerprint density at radius 1 is 1.06 bits per heavy atom. The number of benzene rings is 2. The number of ether oxygens (including phenoxy) is 1. The van der Waals surface area contributed by atoms with Crippen molar-refractivity contribution in [1.29, 1.82) is 0 Å². The lowest BCUT2D eigenvalue weighted by Gasteiger charge is -2.11. The standard InChI is InChI=1S/C21H18ClN5O2S2/c1-27(2)15-10-8-14(9-11-15)25-24-13-6-4-12(5-7-13)23-18-16(21(28)29-3)19-20(17(18)22)30-31-26-19/h4-11,23H,1-3H3. The molecule has 0 saturated heterocycles. The monoisotopic (exact) mass is 471 g/mol. The highest BCUT2D eigenvalue weighted by atomic mass is 35.5. The molecule has 0 saturated carbocycles. The van der Waals surface area contributed by atoms with Gasteiger partial charge in [-0.05, 0) is 48.5 Å². The summed E-state index contributed by atoms with van der Waals surface area (Å²) >= 11 is 6.50. The number of esters is 1. The maximum absolute atomic E-state index is 12.3. The highest BCUT2D eigenvalue weighted by molar-refractivity contribution is 7.68. The number of aromatic nitrogens is 1. The van der Waals surface area contributed by atoms with E-state index in [0.29, 0.717) is 27.7 Å². The summed E-state index contributed by atoms with van der Waals surface area (Å²) < 4.78 is 9.22. The quantitative estimate of drug-likeness (QED) is 0.186. The SMILES string of the molecule is COC(=O)c1c2nssc-2c(Cl)c1Nc1ccc(N=Nc2ccc(N(C)C)cc2)cc1. The van der Waals surface area contributed by atoms with Gasteiger partial charge in [0, 0.05) is 36.0 Å². The van der Waals surface area contributed by atoms with Crippen LogP contribution in [-0.2, 0) is 4.74 Å². The van der Waals surface area contributed by atoms with E-state index >= 15 is 0 Å². The first kappa shape index (κ1) is 21.2. The molecule has 10 heteroatoms. The lowest BCUT2D eigenvalue weighted by atomic mass is 10.2. The van der Waals surface area contributed by atoms with Gasteiger partial charge in [-0.3, -0.25) is 0 Å². The van der Waals surface area contributed by atoms with Crippen LogP contribution < -0.4 is 10.2 Å². The van der Waals surface area contributed by atoms with Gasteiger partial charge in [0.15, 0.2) is 0 Å². The molecular weight excluding hydrogens is 454 g/mol. The molecule has 0 bridgehead atoms. The van der Waals surface area contributed by atoms with Crippen molar-refractivity contribution in [2.45, 2.75) is 0 Å². The fourth-order valence-corrected chi connectivity index (χ4v) is 5.28. The van der Waals surface area contributed by atoms with Gasteiger partial charge in [-0.2, -0.15) is 14.6 Å². The Kier molecular flexibility index (Phi) is 6.17. The van der Waals surface area contributed by atoms with Crippen LogP contribution in [0.4, 0.5) is 28.4 Å². The van der Waals surface area contributed by atoms with E-state index in [9.17, 15) is 4.79 Å². The van der Waals surface area contributed by atoms with Gasteiger partial charge in [-0.25, -0.2) is 4.79 Å². The largest absolute Gasteiger partial charge is 0.465 e. The highest BCUT2D eigenvalue weighted by Crippen LogP contribution is 2.48. The maximum Gasteiger partial charge on any atom is 0.342 e. The Morgan fingerprint density at radius 2 is 1.68 bits per heavy atom. The van der Waals surface area contributed by atoms with Crippen LogP contribution in [0.1, 0.15) is 10.4 Å². The molecule has 158 valence electrons. The minimum atomic E-state index is -0.483. The second-order valence-electron chi connectivity index (χ2n) is 6.77. The van der Waals surface area contributed by atoms with Crippen molar-refractivity contribution in [1.82, 2.24) is 4.37 Å². The number of azo groups is 1. The van der Waals surface area contributed by atoms with Crippen molar-refractivity contribution in [3.8, 4) is 10.6 Å². The van der Waals surface area contributed by atoms with Crippen LogP contribution in [0, 0.1) is 0 Å². The van der Waals surface area contributed by atoms with Crippen molar-refractivity contribution in [2.75, 3.05) is 31.4 Å². The summed E-state index contributed by atoms with van der Waals surface area (Å²) in [4.78, 5) is 15.1. The van der Waals surface area contributed by atoms with E-state index in [0.717, 1.165) is 21.9 Å². The lowest BCUT2D eigenvalue weighted by Crippen LogP contribution is -2.07. The zero-order chi connectivity index (χ0) is 22.0. The summed E-state index contributed by atoms with van der Waals surface area (Å²) in [6.45, 7) is 0. The second kappa shape index (κ2) is 9.01. The molecular formula is C21H18ClN5O2S2. The van der Waals surface area contributed by atoms with E-state index in [-0.39, 0.29) is 0 Å². The Balaban J connectivity index is 1.53. The number of hydrogen-bond acceptors (Lipinski definition) is 9. The van der Waals surface area contributed by atoms with Crippen LogP contribution in [0.2, 0.25) is 5.02 Å². The Hall–Kier alpha value is -3.01. The zero-order valence-corrected chi connectivity index (χ0v) is 19.3. The van der Waals surface area contributed by atoms with E-state index in [1.165, 1.54) is 28.0 Å². The maximum atomic E-state index is 12.3. The minimum Gasteiger partial charge on any atom is -0.465 e. The smallest absolute Gasteiger partial charge is 0.342 e. The topological polar surface area (TPSA) is 79.2 Å². The summed E-state index contributed by atoms with van der Waals surface area (Å²) in [6.07, 6.45) is 0. The number of nitrogens with zero attached hydrogens (tertiary/aromatic N) is 4. The Bertz CT molecular complexity index is 1200. The fourth-order valence-electron chi connectivity index (χ4n) is 2.92. The van der Waals surface area contributed by atoms with Gasteiger partial charge in [0.25, 0.3) is 0 Å². The lowest BCUT2D eigenvalue weighted by molar-refractivity contribution is 0.0603. The first-order valence-electron chi connectivity index (χ1n) is 9.19. The van der Waals surface area contributed by atoms with Crippen LogP contribution in [0.5, 0.6) is 0 Å². The van der Waals surface area contributed by atoms with E-state index in [4.69, 9.17) is 16.3 Å². The number of rotatable bonds is 6. The Labute approximate surface area is 191 Å². The zero-order valence-electron chi connectivity index (χ0n) is 16.9. The molecule has 4 rings (SSSR count). The van der Waals surface area contributed by atoms with Crippen LogP contribution in [0.15, 0.2) is 58.8 Å². The molecule has 1 heterocycles. The minimum absolute atomic E-state index is 0.338. The normalized spacial score (nSPS) is 11.2. The number of carbonyl (C=O) groups excluding carboxylic acids is 1. The molecule has 2 aromatic carbocycles. The van der Waals surface area contributed by atoms with E-state index in [1.807, 2.05) is 67.5 Å². The molecule has 7 nitrogen and oxygen atoms in total. The first-order chi connectivity index (χ1) is 15.0. The van der Waals surface area contributed by atoms with Crippen LogP contribution in [-0.4, -0.2) is 31.5 Å². The van der Waals surface area contributed by atoms with Gasteiger partial charge in [0.1, 0.15) is 11.3 Å².